The van der Waals surface area contributed by atoms with Gasteiger partial charge in [0.25, 0.3) is 0 Å². The van der Waals surface area contributed by atoms with Crippen molar-refractivity contribution in [1.82, 2.24) is 10.2 Å². The van der Waals surface area contributed by atoms with E-state index in [0.717, 1.165) is 12.0 Å². The average Bonchev–Trinajstić information content (AvgIpc) is 2.50. The zero-order valence-corrected chi connectivity index (χ0v) is 12.8. The van der Waals surface area contributed by atoms with E-state index in [1.807, 2.05) is 37.3 Å². The Labute approximate surface area is 126 Å². The van der Waals surface area contributed by atoms with Crippen molar-refractivity contribution in [3.8, 4) is 0 Å². The van der Waals surface area contributed by atoms with E-state index in [-0.39, 0.29) is 30.8 Å². The number of hydrogen-bond donors (Lipinski definition) is 2. The van der Waals surface area contributed by atoms with Gasteiger partial charge in [-0.25, -0.2) is 0 Å². The van der Waals surface area contributed by atoms with E-state index < -0.39 is 0 Å². The SMILES string of the molecule is CCCNC(=O)CN(C)C(=O)C(CN)Cc1ccccc1. The lowest BCUT2D eigenvalue weighted by molar-refractivity contribution is -0.137. The molecule has 1 rings (SSSR count). The van der Waals surface area contributed by atoms with E-state index in [1.54, 1.807) is 7.05 Å². The fourth-order valence-corrected chi connectivity index (χ4v) is 2.10. The molecule has 0 aliphatic heterocycles. The van der Waals surface area contributed by atoms with Gasteiger partial charge in [-0.05, 0) is 18.4 Å². The Kier molecular flexibility index (Phi) is 7.46. The Hall–Kier alpha value is -1.88. The maximum absolute atomic E-state index is 12.4. The number of likely N-dealkylation sites (N-methyl/N-ethyl adjacent to an activating group) is 1. The van der Waals surface area contributed by atoms with E-state index in [1.165, 1.54) is 4.90 Å². The molecule has 0 fully saturated rings. The summed E-state index contributed by atoms with van der Waals surface area (Å²) in [5.74, 6) is -0.521. The average molecular weight is 291 g/mol. The van der Waals surface area contributed by atoms with Crippen molar-refractivity contribution in [1.29, 1.82) is 0 Å². The van der Waals surface area contributed by atoms with Gasteiger partial charge in [-0.3, -0.25) is 9.59 Å². The first-order chi connectivity index (χ1) is 10.1. The van der Waals surface area contributed by atoms with Gasteiger partial charge >= 0.3 is 0 Å². The van der Waals surface area contributed by atoms with Crippen molar-refractivity contribution < 1.29 is 9.59 Å². The lowest BCUT2D eigenvalue weighted by Crippen LogP contribution is -2.43. The largest absolute Gasteiger partial charge is 0.355 e. The predicted molar refractivity (Wildman–Crippen MR) is 83.6 cm³/mol. The lowest BCUT2D eigenvalue weighted by atomic mass is 9.98. The zero-order chi connectivity index (χ0) is 15.7. The molecule has 0 saturated carbocycles. The summed E-state index contributed by atoms with van der Waals surface area (Å²) in [6, 6.07) is 9.77. The van der Waals surface area contributed by atoms with Crippen molar-refractivity contribution in [3.05, 3.63) is 35.9 Å². The summed E-state index contributed by atoms with van der Waals surface area (Å²) in [5.41, 5.74) is 6.80. The number of nitrogens with one attached hydrogen (secondary N) is 1. The molecule has 1 aromatic carbocycles. The molecule has 0 saturated heterocycles. The molecular weight excluding hydrogens is 266 g/mol. The van der Waals surface area contributed by atoms with Gasteiger partial charge in [-0.2, -0.15) is 0 Å². The highest BCUT2D eigenvalue weighted by atomic mass is 16.2. The van der Waals surface area contributed by atoms with Gasteiger partial charge in [0.15, 0.2) is 0 Å². The molecule has 0 heterocycles. The first-order valence-electron chi connectivity index (χ1n) is 7.34. The summed E-state index contributed by atoms with van der Waals surface area (Å²) in [6.45, 7) is 2.96. The van der Waals surface area contributed by atoms with Crippen LogP contribution >= 0.6 is 0 Å². The molecule has 21 heavy (non-hydrogen) atoms. The number of amides is 2. The number of nitrogens with zero attached hydrogens (tertiary/aromatic N) is 1. The minimum atomic E-state index is -0.295. The Balaban J connectivity index is 2.55. The first-order valence-corrected chi connectivity index (χ1v) is 7.34. The smallest absolute Gasteiger partial charge is 0.239 e. The molecule has 0 spiro atoms. The molecule has 1 aromatic rings. The van der Waals surface area contributed by atoms with E-state index >= 15 is 0 Å². The van der Waals surface area contributed by atoms with E-state index in [4.69, 9.17) is 5.73 Å². The summed E-state index contributed by atoms with van der Waals surface area (Å²) < 4.78 is 0. The second-order valence-corrected chi connectivity index (χ2v) is 5.17. The Morgan fingerprint density at radius 2 is 1.95 bits per heavy atom. The van der Waals surface area contributed by atoms with Crippen LogP contribution in [0.3, 0.4) is 0 Å². The second-order valence-electron chi connectivity index (χ2n) is 5.17. The number of rotatable bonds is 8. The molecule has 1 unspecified atom stereocenters. The molecule has 116 valence electrons. The van der Waals surface area contributed by atoms with Crippen LogP contribution in [0.15, 0.2) is 30.3 Å². The molecule has 0 aromatic heterocycles. The third kappa shape index (κ3) is 5.95. The van der Waals surface area contributed by atoms with Gasteiger partial charge < -0.3 is 16.0 Å². The number of carbonyl (C=O) groups is 2. The summed E-state index contributed by atoms with van der Waals surface area (Å²) in [5, 5.41) is 2.76. The Bertz CT molecular complexity index is 448. The van der Waals surface area contributed by atoms with Gasteiger partial charge in [0.05, 0.1) is 12.5 Å². The van der Waals surface area contributed by atoms with Crippen LogP contribution in [-0.4, -0.2) is 43.4 Å². The monoisotopic (exact) mass is 291 g/mol. The Morgan fingerprint density at radius 3 is 2.52 bits per heavy atom. The molecule has 1 atom stereocenters. The summed E-state index contributed by atoms with van der Waals surface area (Å²) in [6.07, 6.45) is 1.47. The molecule has 0 bridgehead atoms. The molecule has 5 heteroatoms. The van der Waals surface area contributed by atoms with Crippen LogP contribution in [0.25, 0.3) is 0 Å². The molecule has 0 aliphatic rings. The minimum Gasteiger partial charge on any atom is -0.355 e. The highest BCUT2D eigenvalue weighted by molar-refractivity contribution is 5.85. The second kappa shape index (κ2) is 9.13. The molecule has 2 amide bonds. The summed E-state index contributed by atoms with van der Waals surface area (Å²) in [7, 11) is 1.64. The van der Waals surface area contributed by atoms with Crippen molar-refractivity contribution in [2.24, 2.45) is 11.7 Å². The fourth-order valence-electron chi connectivity index (χ4n) is 2.10. The van der Waals surface area contributed by atoms with Crippen LogP contribution in [0, 0.1) is 5.92 Å². The van der Waals surface area contributed by atoms with Gasteiger partial charge in [-0.1, -0.05) is 37.3 Å². The third-order valence-corrected chi connectivity index (χ3v) is 3.29. The topological polar surface area (TPSA) is 75.4 Å². The maximum Gasteiger partial charge on any atom is 0.239 e. The van der Waals surface area contributed by atoms with E-state index in [2.05, 4.69) is 5.32 Å². The van der Waals surface area contributed by atoms with Crippen LogP contribution in [-0.2, 0) is 16.0 Å². The van der Waals surface area contributed by atoms with E-state index in [0.29, 0.717) is 13.0 Å². The molecule has 0 radical (unpaired) electrons. The van der Waals surface area contributed by atoms with Crippen molar-refractivity contribution in [2.75, 3.05) is 26.7 Å². The number of hydrogen-bond acceptors (Lipinski definition) is 3. The molecule has 5 nitrogen and oxygen atoms in total. The summed E-state index contributed by atoms with van der Waals surface area (Å²) >= 11 is 0. The zero-order valence-electron chi connectivity index (χ0n) is 12.8. The molecular formula is C16H25N3O2. The maximum atomic E-state index is 12.4. The van der Waals surface area contributed by atoms with Crippen molar-refractivity contribution in [2.45, 2.75) is 19.8 Å². The number of nitrogens with two attached hydrogens (primary N) is 1. The van der Waals surface area contributed by atoms with Gasteiger partial charge in [0.1, 0.15) is 0 Å². The van der Waals surface area contributed by atoms with Crippen LogP contribution in [0.1, 0.15) is 18.9 Å². The van der Waals surface area contributed by atoms with E-state index in [9.17, 15) is 9.59 Å². The lowest BCUT2D eigenvalue weighted by Gasteiger charge is -2.22. The fraction of sp³-hybridized carbons (Fsp3) is 0.500. The molecule has 3 N–H and O–H groups in total. The van der Waals surface area contributed by atoms with Gasteiger partial charge in [0, 0.05) is 20.1 Å². The third-order valence-electron chi connectivity index (χ3n) is 3.29. The van der Waals surface area contributed by atoms with Crippen molar-refractivity contribution >= 4 is 11.8 Å². The van der Waals surface area contributed by atoms with Crippen LogP contribution in [0.5, 0.6) is 0 Å². The predicted octanol–water partition coefficient (Wildman–Crippen LogP) is 0.789. The molecule has 0 aliphatic carbocycles. The van der Waals surface area contributed by atoms with Gasteiger partial charge in [-0.15, -0.1) is 0 Å². The quantitative estimate of drug-likeness (QED) is 0.743. The highest BCUT2D eigenvalue weighted by Crippen LogP contribution is 2.10. The van der Waals surface area contributed by atoms with Crippen LogP contribution in [0.4, 0.5) is 0 Å². The standard InChI is InChI=1S/C16H25N3O2/c1-3-9-18-15(20)12-19(2)16(21)14(11-17)10-13-7-5-4-6-8-13/h4-8,14H,3,9-12,17H2,1-2H3,(H,18,20). The number of benzene rings is 1. The highest BCUT2D eigenvalue weighted by Gasteiger charge is 2.22. The first kappa shape index (κ1) is 17.2. The van der Waals surface area contributed by atoms with Crippen LogP contribution in [0.2, 0.25) is 0 Å². The summed E-state index contributed by atoms with van der Waals surface area (Å²) in [4.78, 5) is 25.5. The van der Waals surface area contributed by atoms with Crippen molar-refractivity contribution in [3.63, 3.8) is 0 Å². The normalized spacial score (nSPS) is 11.8. The van der Waals surface area contributed by atoms with Crippen LogP contribution < -0.4 is 11.1 Å². The minimum absolute atomic E-state index is 0.0735. The Morgan fingerprint density at radius 1 is 1.29 bits per heavy atom. The van der Waals surface area contributed by atoms with Gasteiger partial charge in [0.2, 0.25) is 11.8 Å². The number of carbonyl (C=O) groups excluding carboxylic acids is 2.